The Kier molecular flexibility index (Phi) is 6.80. The van der Waals surface area contributed by atoms with Gasteiger partial charge in [0.15, 0.2) is 0 Å². The lowest BCUT2D eigenvalue weighted by molar-refractivity contribution is -0.142. The smallest absolute Gasteiger partial charge is 0.317 e. The van der Waals surface area contributed by atoms with Gasteiger partial charge in [-0.15, -0.1) is 20.4 Å². The van der Waals surface area contributed by atoms with Crippen LogP contribution in [0, 0.1) is 0 Å². The molecule has 0 aliphatic heterocycles. The molecule has 1 amide bonds. The van der Waals surface area contributed by atoms with Crippen LogP contribution in [0.2, 0.25) is 0 Å². The van der Waals surface area contributed by atoms with E-state index in [1.54, 1.807) is 30.5 Å². The molecular formula is C18H16N8O5. The Balaban J connectivity index is 1.62. The van der Waals surface area contributed by atoms with Crippen LogP contribution < -0.4 is 5.32 Å². The molecule has 0 saturated carbocycles. The summed E-state index contributed by atoms with van der Waals surface area (Å²) < 4.78 is 0. The predicted molar refractivity (Wildman–Crippen MR) is 104 cm³/mol. The zero-order chi connectivity index (χ0) is 22.2. The van der Waals surface area contributed by atoms with Crippen molar-refractivity contribution in [3.8, 4) is 23.0 Å². The third kappa shape index (κ3) is 6.30. The number of pyridine rings is 2. The van der Waals surface area contributed by atoms with Crippen LogP contribution in [0.4, 0.5) is 5.69 Å². The highest BCUT2D eigenvalue weighted by atomic mass is 16.4. The lowest BCUT2D eigenvalue weighted by Crippen LogP contribution is -2.40. The van der Waals surface area contributed by atoms with Gasteiger partial charge in [0.25, 0.3) is 0 Å². The van der Waals surface area contributed by atoms with Crippen LogP contribution in [0.25, 0.3) is 23.0 Å². The maximum Gasteiger partial charge on any atom is 0.317 e. The summed E-state index contributed by atoms with van der Waals surface area (Å²) in [4.78, 5) is 42.9. The number of carbonyl (C=O) groups excluding carboxylic acids is 1. The fraction of sp³-hybridized carbons (Fsp3) is 0.167. The van der Waals surface area contributed by atoms with Crippen LogP contribution in [0.1, 0.15) is 0 Å². The Labute approximate surface area is 174 Å². The second kappa shape index (κ2) is 9.89. The lowest BCUT2D eigenvalue weighted by atomic mass is 10.3. The maximum absolute atomic E-state index is 12.1. The van der Waals surface area contributed by atoms with E-state index in [2.05, 4.69) is 35.7 Å². The second-order valence-corrected chi connectivity index (χ2v) is 6.18. The van der Waals surface area contributed by atoms with E-state index in [1.807, 2.05) is 0 Å². The molecule has 31 heavy (non-hydrogen) atoms. The molecular weight excluding hydrogens is 408 g/mol. The fourth-order valence-corrected chi connectivity index (χ4v) is 2.48. The average Bonchev–Trinajstić information content (AvgIpc) is 2.74. The zero-order valence-electron chi connectivity index (χ0n) is 15.9. The van der Waals surface area contributed by atoms with Crippen molar-refractivity contribution in [2.75, 3.05) is 25.0 Å². The van der Waals surface area contributed by atoms with E-state index >= 15 is 0 Å². The molecule has 0 saturated heterocycles. The van der Waals surface area contributed by atoms with Gasteiger partial charge in [0, 0.05) is 6.20 Å². The standard InChI is InChI=1S/C18H16N8O5/c27-14(8-26(9-15(28)29)10-16(30)31)21-11-4-5-13(20-7-11)18-24-22-17(23-25-18)12-3-1-2-6-19-12/h1-7H,8-10H2,(H,21,27)(H,28,29)(H,30,31). The number of rotatable bonds is 9. The van der Waals surface area contributed by atoms with Crippen molar-refractivity contribution in [1.82, 2.24) is 35.3 Å². The molecule has 0 atom stereocenters. The number of anilines is 1. The van der Waals surface area contributed by atoms with Crippen molar-refractivity contribution < 1.29 is 24.6 Å². The van der Waals surface area contributed by atoms with Crippen LogP contribution in [0.5, 0.6) is 0 Å². The number of carboxylic acids is 2. The summed E-state index contributed by atoms with van der Waals surface area (Å²) in [7, 11) is 0. The minimum absolute atomic E-state index is 0.173. The van der Waals surface area contributed by atoms with Gasteiger partial charge in [0.2, 0.25) is 17.6 Å². The first-order chi connectivity index (χ1) is 14.9. The van der Waals surface area contributed by atoms with Gasteiger partial charge in [-0.3, -0.25) is 29.3 Å². The van der Waals surface area contributed by atoms with Crippen LogP contribution in [-0.2, 0) is 14.4 Å². The van der Waals surface area contributed by atoms with Gasteiger partial charge < -0.3 is 15.5 Å². The minimum Gasteiger partial charge on any atom is -0.480 e. The summed E-state index contributed by atoms with van der Waals surface area (Å²) >= 11 is 0. The highest BCUT2D eigenvalue weighted by Gasteiger charge is 2.17. The molecule has 3 heterocycles. The Hall–Kier alpha value is -4.39. The summed E-state index contributed by atoms with van der Waals surface area (Å²) in [6.45, 7) is -1.57. The number of hydrogen-bond donors (Lipinski definition) is 3. The normalized spacial score (nSPS) is 10.6. The van der Waals surface area contributed by atoms with Gasteiger partial charge >= 0.3 is 11.9 Å². The highest BCUT2D eigenvalue weighted by molar-refractivity contribution is 5.92. The Bertz CT molecular complexity index is 1040. The third-order valence-electron chi connectivity index (χ3n) is 3.73. The lowest BCUT2D eigenvalue weighted by Gasteiger charge is -2.17. The highest BCUT2D eigenvalue weighted by Crippen LogP contribution is 2.15. The molecule has 3 rings (SSSR count). The second-order valence-electron chi connectivity index (χ2n) is 6.18. The van der Waals surface area contributed by atoms with Gasteiger partial charge in [-0.1, -0.05) is 6.07 Å². The number of hydrogen-bond acceptors (Lipinski definition) is 10. The summed E-state index contributed by atoms with van der Waals surface area (Å²) in [6, 6.07) is 8.35. The summed E-state index contributed by atoms with van der Waals surface area (Å²) in [5.41, 5.74) is 1.22. The van der Waals surface area contributed by atoms with Gasteiger partial charge in [-0.2, -0.15) is 0 Å². The van der Waals surface area contributed by atoms with Crippen LogP contribution in [0.15, 0.2) is 42.7 Å². The number of amides is 1. The average molecular weight is 424 g/mol. The molecule has 3 N–H and O–H groups in total. The Morgan fingerprint density at radius 3 is 1.90 bits per heavy atom. The zero-order valence-corrected chi connectivity index (χ0v) is 15.9. The molecule has 3 aromatic rings. The Morgan fingerprint density at radius 2 is 1.42 bits per heavy atom. The van der Waals surface area contributed by atoms with E-state index in [4.69, 9.17) is 10.2 Å². The number of nitrogens with zero attached hydrogens (tertiary/aromatic N) is 7. The van der Waals surface area contributed by atoms with Crippen molar-refractivity contribution in [2.24, 2.45) is 0 Å². The van der Waals surface area contributed by atoms with E-state index in [0.717, 1.165) is 4.90 Å². The van der Waals surface area contributed by atoms with Gasteiger partial charge in [0.05, 0.1) is 31.5 Å². The van der Waals surface area contributed by atoms with Crippen LogP contribution >= 0.6 is 0 Å². The van der Waals surface area contributed by atoms with Crippen molar-refractivity contribution in [1.29, 1.82) is 0 Å². The summed E-state index contributed by atoms with van der Waals surface area (Å²) in [6.07, 6.45) is 2.95. The molecule has 0 unspecified atom stereocenters. The Morgan fingerprint density at radius 1 is 0.806 bits per heavy atom. The maximum atomic E-state index is 12.1. The van der Waals surface area contributed by atoms with E-state index in [-0.39, 0.29) is 11.6 Å². The molecule has 0 aromatic carbocycles. The van der Waals surface area contributed by atoms with Gasteiger partial charge in [-0.25, -0.2) is 0 Å². The minimum atomic E-state index is -1.24. The van der Waals surface area contributed by atoms with Crippen molar-refractivity contribution in [3.63, 3.8) is 0 Å². The van der Waals surface area contributed by atoms with Crippen molar-refractivity contribution in [2.45, 2.75) is 0 Å². The molecule has 3 aromatic heterocycles. The number of aliphatic carboxylic acids is 2. The molecule has 13 nitrogen and oxygen atoms in total. The van der Waals surface area contributed by atoms with Crippen molar-refractivity contribution >= 4 is 23.5 Å². The van der Waals surface area contributed by atoms with E-state index in [0.29, 0.717) is 17.1 Å². The largest absolute Gasteiger partial charge is 0.480 e. The molecule has 0 fully saturated rings. The molecule has 0 aliphatic carbocycles. The predicted octanol–water partition coefficient (Wildman–Crippen LogP) is -0.200. The molecule has 0 spiro atoms. The van der Waals surface area contributed by atoms with Crippen molar-refractivity contribution in [3.05, 3.63) is 42.7 Å². The summed E-state index contributed by atoms with van der Waals surface area (Å²) in [5.74, 6) is -2.63. The molecule has 13 heteroatoms. The third-order valence-corrected chi connectivity index (χ3v) is 3.73. The van der Waals surface area contributed by atoms with E-state index < -0.39 is 37.5 Å². The molecule has 0 bridgehead atoms. The fourth-order valence-electron chi connectivity index (χ4n) is 2.48. The van der Waals surface area contributed by atoms with E-state index in [9.17, 15) is 14.4 Å². The molecule has 0 radical (unpaired) electrons. The molecule has 158 valence electrons. The topological polar surface area (TPSA) is 184 Å². The first-order valence-electron chi connectivity index (χ1n) is 8.82. The van der Waals surface area contributed by atoms with E-state index in [1.165, 1.54) is 12.3 Å². The number of carboxylic acid groups (broad SMARTS) is 2. The SMILES string of the molecule is O=C(O)CN(CC(=O)O)CC(=O)Nc1ccc(-c2nnc(-c3ccccn3)nn2)nc1. The number of nitrogens with one attached hydrogen (secondary N) is 1. The first kappa shape index (κ1) is 21.3. The quantitative estimate of drug-likeness (QED) is 0.411. The summed E-state index contributed by atoms with van der Waals surface area (Å²) in [5, 5.41) is 36.1. The molecule has 0 aliphatic rings. The number of carbonyl (C=O) groups is 3. The van der Waals surface area contributed by atoms with Gasteiger partial charge in [0.1, 0.15) is 11.4 Å². The van der Waals surface area contributed by atoms with Crippen LogP contribution in [0.3, 0.4) is 0 Å². The monoisotopic (exact) mass is 424 g/mol. The van der Waals surface area contributed by atoms with Gasteiger partial charge in [-0.05, 0) is 24.3 Å². The van der Waals surface area contributed by atoms with Crippen LogP contribution in [-0.4, -0.2) is 83.0 Å². The number of aromatic nitrogens is 6. The first-order valence-corrected chi connectivity index (χ1v) is 8.82.